The number of amides is 1. The van der Waals surface area contributed by atoms with Crippen molar-refractivity contribution in [2.24, 2.45) is 0 Å². The van der Waals surface area contributed by atoms with Crippen LogP contribution in [-0.4, -0.2) is 10.9 Å². The normalized spacial score (nSPS) is 10.5. The maximum atomic E-state index is 12.1. The molecule has 19 heavy (non-hydrogen) atoms. The summed E-state index contributed by atoms with van der Waals surface area (Å²) in [5, 5.41) is 2.90. The third-order valence-electron chi connectivity index (χ3n) is 3.10. The van der Waals surface area contributed by atoms with Gasteiger partial charge < -0.3 is 5.32 Å². The van der Waals surface area contributed by atoms with Crippen molar-refractivity contribution >= 4 is 11.6 Å². The van der Waals surface area contributed by atoms with E-state index >= 15 is 0 Å². The van der Waals surface area contributed by atoms with Crippen LogP contribution in [0.3, 0.4) is 0 Å². The summed E-state index contributed by atoms with van der Waals surface area (Å²) in [6.07, 6.45) is 3.32. The van der Waals surface area contributed by atoms with E-state index in [0.29, 0.717) is 11.5 Å². The molecule has 98 valence electrons. The molecule has 0 fully saturated rings. The van der Waals surface area contributed by atoms with Gasteiger partial charge in [0.1, 0.15) is 0 Å². The van der Waals surface area contributed by atoms with Crippen LogP contribution in [0.5, 0.6) is 0 Å². The highest BCUT2D eigenvalue weighted by molar-refractivity contribution is 6.05. The minimum Gasteiger partial charge on any atom is -0.322 e. The monoisotopic (exact) mass is 254 g/mol. The van der Waals surface area contributed by atoms with Gasteiger partial charge in [0.25, 0.3) is 5.91 Å². The number of aromatic nitrogens is 1. The van der Waals surface area contributed by atoms with Crippen LogP contribution in [0, 0.1) is 6.92 Å². The van der Waals surface area contributed by atoms with Crippen molar-refractivity contribution in [1.82, 2.24) is 4.98 Å². The number of anilines is 1. The van der Waals surface area contributed by atoms with Gasteiger partial charge in [0.05, 0.1) is 0 Å². The molecule has 1 amide bonds. The van der Waals surface area contributed by atoms with Gasteiger partial charge in [0.15, 0.2) is 0 Å². The Bertz CT molecular complexity index is 574. The van der Waals surface area contributed by atoms with E-state index in [1.165, 1.54) is 5.56 Å². The van der Waals surface area contributed by atoms with Gasteiger partial charge in [-0.15, -0.1) is 0 Å². The van der Waals surface area contributed by atoms with Crippen LogP contribution in [0.15, 0.2) is 42.7 Å². The second-order valence-electron chi connectivity index (χ2n) is 4.92. The number of hydrogen-bond donors (Lipinski definition) is 1. The smallest absolute Gasteiger partial charge is 0.256 e. The largest absolute Gasteiger partial charge is 0.322 e. The third kappa shape index (κ3) is 3.19. The lowest BCUT2D eigenvalue weighted by Crippen LogP contribution is -2.13. The molecule has 1 aromatic heterocycles. The molecule has 0 atom stereocenters. The molecule has 1 heterocycles. The quantitative estimate of drug-likeness (QED) is 0.906. The summed E-state index contributed by atoms with van der Waals surface area (Å²) in [7, 11) is 0. The van der Waals surface area contributed by atoms with Crippen molar-refractivity contribution < 1.29 is 4.79 Å². The zero-order valence-corrected chi connectivity index (χ0v) is 11.5. The van der Waals surface area contributed by atoms with E-state index in [9.17, 15) is 4.79 Å². The number of benzene rings is 1. The summed E-state index contributed by atoms with van der Waals surface area (Å²) < 4.78 is 0. The average molecular weight is 254 g/mol. The fourth-order valence-electron chi connectivity index (χ4n) is 1.88. The zero-order valence-electron chi connectivity index (χ0n) is 11.5. The molecule has 3 heteroatoms. The Morgan fingerprint density at radius 1 is 1.16 bits per heavy atom. The lowest BCUT2D eigenvalue weighted by atomic mass is 10.0. The first-order valence-corrected chi connectivity index (χ1v) is 6.40. The summed E-state index contributed by atoms with van der Waals surface area (Å²) in [6.45, 7) is 6.17. The fourth-order valence-corrected chi connectivity index (χ4v) is 1.88. The van der Waals surface area contributed by atoms with Crippen LogP contribution >= 0.6 is 0 Å². The van der Waals surface area contributed by atoms with Crippen molar-refractivity contribution in [2.75, 3.05) is 5.32 Å². The highest BCUT2D eigenvalue weighted by Gasteiger charge is 2.09. The fraction of sp³-hybridized carbons (Fsp3) is 0.250. The Balaban J connectivity index is 2.13. The number of carbonyl (C=O) groups excluding carboxylic acids is 1. The van der Waals surface area contributed by atoms with E-state index in [4.69, 9.17) is 0 Å². The Morgan fingerprint density at radius 3 is 2.42 bits per heavy atom. The predicted molar refractivity (Wildman–Crippen MR) is 77.5 cm³/mol. The lowest BCUT2D eigenvalue weighted by Gasteiger charge is -2.09. The number of pyridine rings is 1. The second kappa shape index (κ2) is 5.65. The van der Waals surface area contributed by atoms with Gasteiger partial charge in [-0.1, -0.05) is 26.0 Å². The molecule has 0 saturated carbocycles. The molecule has 3 nitrogen and oxygen atoms in total. The SMILES string of the molecule is Cc1cnccc1C(=O)Nc1ccc(C(C)C)cc1. The maximum absolute atomic E-state index is 12.1. The second-order valence-corrected chi connectivity index (χ2v) is 4.92. The van der Waals surface area contributed by atoms with E-state index in [0.717, 1.165) is 11.3 Å². The van der Waals surface area contributed by atoms with Crippen LogP contribution < -0.4 is 5.32 Å². The Hall–Kier alpha value is -2.16. The highest BCUT2D eigenvalue weighted by atomic mass is 16.1. The van der Waals surface area contributed by atoms with E-state index in [-0.39, 0.29) is 5.91 Å². The summed E-state index contributed by atoms with van der Waals surface area (Å²) in [6, 6.07) is 9.68. The molecule has 2 rings (SSSR count). The van der Waals surface area contributed by atoms with Crippen molar-refractivity contribution in [3.05, 3.63) is 59.4 Å². The Labute approximate surface area is 113 Å². The molecule has 1 aromatic carbocycles. The van der Waals surface area contributed by atoms with Crippen LogP contribution in [0.25, 0.3) is 0 Å². The number of nitrogens with zero attached hydrogens (tertiary/aromatic N) is 1. The van der Waals surface area contributed by atoms with Crippen molar-refractivity contribution in [3.8, 4) is 0 Å². The summed E-state index contributed by atoms with van der Waals surface area (Å²) in [4.78, 5) is 16.1. The molecule has 0 saturated heterocycles. The minimum absolute atomic E-state index is 0.0998. The lowest BCUT2D eigenvalue weighted by molar-refractivity contribution is 0.102. The van der Waals surface area contributed by atoms with Gasteiger partial charge in [-0.3, -0.25) is 9.78 Å². The zero-order chi connectivity index (χ0) is 13.8. The predicted octanol–water partition coefficient (Wildman–Crippen LogP) is 3.77. The first kappa shape index (κ1) is 13.3. The molecular formula is C16H18N2O. The van der Waals surface area contributed by atoms with E-state index in [2.05, 4.69) is 24.1 Å². The maximum Gasteiger partial charge on any atom is 0.256 e. The molecule has 0 aliphatic carbocycles. The van der Waals surface area contributed by atoms with Gasteiger partial charge in [-0.25, -0.2) is 0 Å². The third-order valence-corrected chi connectivity index (χ3v) is 3.10. The van der Waals surface area contributed by atoms with Crippen LogP contribution in [0.4, 0.5) is 5.69 Å². The van der Waals surface area contributed by atoms with Crippen molar-refractivity contribution in [1.29, 1.82) is 0 Å². The van der Waals surface area contributed by atoms with E-state index in [1.54, 1.807) is 18.5 Å². The van der Waals surface area contributed by atoms with Gasteiger partial charge in [-0.05, 0) is 42.2 Å². The van der Waals surface area contributed by atoms with Crippen LogP contribution in [-0.2, 0) is 0 Å². The average Bonchev–Trinajstić information content (AvgIpc) is 2.39. The topological polar surface area (TPSA) is 42.0 Å². The molecule has 0 aliphatic heterocycles. The number of hydrogen-bond acceptors (Lipinski definition) is 2. The Kier molecular flexibility index (Phi) is 3.95. The van der Waals surface area contributed by atoms with Crippen molar-refractivity contribution in [3.63, 3.8) is 0 Å². The highest BCUT2D eigenvalue weighted by Crippen LogP contribution is 2.18. The van der Waals surface area contributed by atoms with E-state index < -0.39 is 0 Å². The first-order chi connectivity index (χ1) is 9.08. The standard InChI is InChI=1S/C16H18N2O/c1-11(2)13-4-6-14(7-5-13)18-16(19)15-8-9-17-10-12(15)3/h4-11H,1-3H3,(H,18,19). The molecule has 0 aliphatic rings. The molecule has 2 aromatic rings. The number of aryl methyl sites for hydroxylation is 1. The van der Waals surface area contributed by atoms with Gasteiger partial charge in [-0.2, -0.15) is 0 Å². The van der Waals surface area contributed by atoms with Crippen LogP contribution in [0.1, 0.15) is 41.3 Å². The van der Waals surface area contributed by atoms with Gasteiger partial charge in [0.2, 0.25) is 0 Å². The van der Waals surface area contributed by atoms with Gasteiger partial charge >= 0.3 is 0 Å². The molecular weight excluding hydrogens is 236 g/mol. The Morgan fingerprint density at radius 2 is 1.84 bits per heavy atom. The molecule has 0 unspecified atom stereocenters. The van der Waals surface area contributed by atoms with E-state index in [1.807, 2.05) is 31.2 Å². The molecule has 1 N–H and O–H groups in total. The summed E-state index contributed by atoms with van der Waals surface area (Å²) in [5.41, 5.74) is 3.60. The van der Waals surface area contributed by atoms with Gasteiger partial charge in [0, 0.05) is 23.6 Å². The summed E-state index contributed by atoms with van der Waals surface area (Å²) >= 11 is 0. The van der Waals surface area contributed by atoms with Crippen LogP contribution in [0.2, 0.25) is 0 Å². The first-order valence-electron chi connectivity index (χ1n) is 6.40. The summed E-state index contributed by atoms with van der Waals surface area (Å²) in [5.74, 6) is 0.393. The molecule has 0 bridgehead atoms. The number of carbonyl (C=O) groups is 1. The molecule has 0 radical (unpaired) electrons. The molecule has 0 spiro atoms. The minimum atomic E-state index is -0.0998. The van der Waals surface area contributed by atoms with Crippen molar-refractivity contribution in [2.45, 2.75) is 26.7 Å². The number of rotatable bonds is 3. The number of nitrogens with one attached hydrogen (secondary N) is 1.